The van der Waals surface area contributed by atoms with Crippen molar-refractivity contribution in [3.8, 4) is 11.8 Å². The molecule has 0 saturated heterocycles. The predicted octanol–water partition coefficient (Wildman–Crippen LogP) is 4.10. The van der Waals surface area contributed by atoms with Crippen LogP contribution in [0.15, 0.2) is 42.5 Å². The number of phenols is 1. The fourth-order valence-electron chi connectivity index (χ4n) is 2.67. The number of rotatable bonds is 6. The van der Waals surface area contributed by atoms with Crippen molar-refractivity contribution in [1.82, 2.24) is 0 Å². The average molecular weight is 372 g/mol. The van der Waals surface area contributed by atoms with Gasteiger partial charge in [0, 0.05) is 17.7 Å². The molecule has 1 atom stereocenters. The van der Waals surface area contributed by atoms with Gasteiger partial charge in [-0.25, -0.2) is 9.18 Å². The second-order valence-corrected chi connectivity index (χ2v) is 6.77. The molecule has 0 fully saturated rings. The zero-order valence-electron chi connectivity index (χ0n) is 15.1. The minimum absolute atomic E-state index is 0.134. The molecule has 0 radical (unpaired) electrons. The number of hydrogen-bond acceptors (Lipinski definition) is 5. The van der Waals surface area contributed by atoms with Gasteiger partial charge in [-0.15, -0.1) is 0 Å². The molecule has 6 nitrogen and oxygen atoms in total. The summed E-state index contributed by atoms with van der Waals surface area (Å²) in [5, 5.41) is 30.1. The van der Waals surface area contributed by atoms with Gasteiger partial charge in [0.1, 0.15) is 6.10 Å². The smallest absolute Gasteiger partial charge is 0.412 e. The number of carbonyl (C=O) groups is 1. The summed E-state index contributed by atoms with van der Waals surface area (Å²) in [4.78, 5) is 12.3. The fraction of sp³-hybridized carbons (Fsp3) is 0.300. The lowest BCUT2D eigenvalue weighted by molar-refractivity contribution is 0.0150. The Kier molecular flexibility index (Phi) is 6.37. The molecule has 0 heterocycles. The molecule has 27 heavy (non-hydrogen) atoms. The van der Waals surface area contributed by atoms with Crippen molar-refractivity contribution >= 4 is 11.8 Å². The van der Waals surface area contributed by atoms with Gasteiger partial charge in [-0.3, -0.25) is 5.32 Å². The SMILES string of the molecule is CC(C)(CCO)[C@H](OC(=O)Nc1ccc(C#N)cc1)c1ccc(O)c(F)c1. The summed E-state index contributed by atoms with van der Waals surface area (Å²) in [5.41, 5.74) is 0.559. The molecule has 2 aromatic rings. The molecule has 2 rings (SSSR count). The van der Waals surface area contributed by atoms with Crippen LogP contribution in [0.3, 0.4) is 0 Å². The van der Waals surface area contributed by atoms with E-state index in [0.29, 0.717) is 23.2 Å². The lowest BCUT2D eigenvalue weighted by Gasteiger charge is -2.33. The normalized spacial score (nSPS) is 12.1. The Morgan fingerprint density at radius 3 is 2.52 bits per heavy atom. The van der Waals surface area contributed by atoms with Crippen LogP contribution < -0.4 is 5.32 Å². The summed E-state index contributed by atoms with van der Waals surface area (Å²) in [5.74, 6) is -1.33. The molecule has 0 aliphatic carbocycles. The van der Waals surface area contributed by atoms with E-state index in [1.807, 2.05) is 6.07 Å². The highest BCUT2D eigenvalue weighted by molar-refractivity contribution is 5.84. The molecule has 2 aromatic carbocycles. The highest BCUT2D eigenvalue weighted by Crippen LogP contribution is 2.40. The number of benzene rings is 2. The van der Waals surface area contributed by atoms with E-state index in [9.17, 15) is 19.4 Å². The third-order valence-electron chi connectivity index (χ3n) is 4.23. The molecule has 0 bridgehead atoms. The van der Waals surface area contributed by atoms with E-state index in [1.54, 1.807) is 38.1 Å². The Morgan fingerprint density at radius 1 is 1.30 bits per heavy atom. The Labute approximate surface area is 156 Å². The minimum Gasteiger partial charge on any atom is -0.505 e. The monoisotopic (exact) mass is 372 g/mol. The van der Waals surface area contributed by atoms with Crippen LogP contribution in [-0.2, 0) is 4.74 Å². The highest BCUT2D eigenvalue weighted by Gasteiger charge is 2.34. The molecule has 0 aliphatic rings. The van der Waals surface area contributed by atoms with Gasteiger partial charge in [0.05, 0.1) is 11.6 Å². The molecule has 0 spiro atoms. The van der Waals surface area contributed by atoms with Crippen LogP contribution in [0.2, 0.25) is 0 Å². The van der Waals surface area contributed by atoms with Crippen molar-refractivity contribution in [2.24, 2.45) is 5.41 Å². The molecule has 1 amide bonds. The Balaban J connectivity index is 2.23. The third kappa shape index (κ3) is 5.19. The fourth-order valence-corrected chi connectivity index (χ4v) is 2.67. The summed E-state index contributed by atoms with van der Waals surface area (Å²) < 4.78 is 19.3. The van der Waals surface area contributed by atoms with E-state index in [4.69, 9.17) is 10.00 Å². The molecule has 0 unspecified atom stereocenters. The van der Waals surface area contributed by atoms with Crippen LogP contribution in [0.1, 0.15) is 37.5 Å². The standard InChI is InChI=1S/C20H21FN2O4/c1-20(2,9-10-24)18(14-5-8-17(25)16(21)11-14)27-19(26)23-15-6-3-13(12-22)4-7-15/h3-8,11,18,24-25H,9-10H2,1-2H3,(H,23,26)/t18-/m1/s1. The van der Waals surface area contributed by atoms with E-state index in [1.165, 1.54) is 12.1 Å². The van der Waals surface area contributed by atoms with Gasteiger partial charge < -0.3 is 14.9 Å². The molecule has 0 aromatic heterocycles. The number of amides is 1. The first-order valence-electron chi connectivity index (χ1n) is 8.34. The quantitative estimate of drug-likeness (QED) is 0.708. The van der Waals surface area contributed by atoms with Crippen molar-refractivity contribution < 1.29 is 24.1 Å². The number of nitrogens with one attached hydrogen (secondary N) is 1. The number of nitrogens with zero attached hydrogens (tertiary/aromatic N) is 1. The van der Waals surface area contributed by atoms with Crippen molar-refractivity contribution in [2.75, 3.05) is 11.9 Å². The maximum Gasteiger partial charge on any atom is 0.412 e. The molecular formula is C20H21FN2O4. The Bertz CT molecular complexity index is 844. The first-order valence-corrected chi connectivity index (χ1v) is 8.34. The number of aromatic hydroxyl groups is 1. The summed E-state index contributed by atoms with van der Waals surface area (Å²) in [6, 6.07) is 12.0. The van der Waals surface area contributed by atoms with Gasteiger partial charge in [-0.2, -0.15) is 5.26 Å². The van der Waals surface area contributed by atoms with Crippen LogP contribution in [-0.4, -0.2) is 22.9 Å². The maximum absolute atomic E-state index is 13.8. The van der Waals surface area contributed by atoms with Crippen LogP contribution in [0, 0.1) is 22.6 Å². The van der Waals surface area contributed by atoms with Gasteiger partial charge >= 0.3 is 6.09 Å². The second-order valence-electron chi connectivity index (χ2n) is 6.77. The van der Waals surface area contributed by atoms with Gasteiger partial charge in [-0.05, 0) is 48.4 Å². The van der Waals surface area contributed by atoms with Crippen molar-refractivity contribution in [2.45, 2.75) is 26.4 Å². The lowest BCUT2D eigenvalue weighted by atomic mass is 9.80. The predicted molar refractivity (Wildman–Crippen MR) is 97.6 cm³/mol. The minimum atomic E-state index is -0.863. The van der Waals surface area contributed by atoms with Crippen molar-refractivity contribution in [3.63, 3.8) is 0 Å². The Morgan fingerprint density at radius 2 is 1.96 bits per heavy atom. The molecule has 0 saturated carbocycles. The number of aliphatic hydroxyl groups is 1. The number of ether oxygens (including phenoxy) is 1. The molecular weight excluding hydrogens is 351 g/mol. The Hall–Kier alpha value is -3.11. The van der Waals surface area contributed by atoms with Crippen LogP contribution >= 0.6 is 0 Å². The first-order chi connectivity index (χ1) is 12.8. The molecule has 7 heteroatoms. The number of anilines is 1. The number of aliphatic hydroxyl groups excluding tert-OH is 1. The second kappa shape index (κ2) is 8.52. The molecule has 0 aliphatic heterocycles. The summed E-state index contributed by atoms with van der Waals surface area (Å²) in [6.45, 7) is 3.44. The lowest BCUT2D eigenvalue weighted by Crippen LogP contribution is -2.29. The number of halogens is 1. The molecule has 142 valence electrons. The topological polar surface area (TPSA) is 103 Å². The summed E-state index contributed by atoms with van der Waals surface area (Å²) >= 11 is 0. The highest BCUT2D eigenvalue weighted by atomic mass is 19.1. The number of nitriles is 1. The zero-order valence-corrected chi connectivity index (χ0v) is 15.1. The van der Waals surface area contributed by atoms with Crippen LogP contribution in [0.25, 0.3) is 0 Å². The van der Waals surface area contributed by atoms with Crippen LogP contribution in [0.4, 0.5) is 14.9 Å². The maximum atomic E-state index is 13.8. The third-order valence-corrected chi connectivity index (χ3v) is 4.23. The van der Waals surface area contributed by atoms with Gasteiger partial charge in [-0.1, -0.05) is 19.9 Å². The summed E-state index contributed by atoms with van der Waals surface area (Å²) in [7, 11) is 0. The van der Waals surface area contributed by atoms with E-state index < -0.39 is 29.2 Å². The van der Waals surface area contributed by atoms with E-state index in [0.717, 1.165) is 6.07 Å². The number of hydrogen-bond donors (Lipinski definition) is 3. The first kappa shape index (κ1) is 20.2. The van der Waals surface area contributed by atoms with E-state index in [2.05, 4.69) is 5.32 Å². The van der Waals surface area contributed by atoms with Gasteiger partial charge in [0.2, 0.25) is 0 Å². The van der Waals surface area contributed by atoms with Crippen molar-refractivity contribution in [3.05, 3.63) is 59.4 Å². The number of carbonyl (C=O) groups excluding carboxylic acids is 1. The largest absolute Gasteiger partial charge is 0.505 e. The van der Waals surface area contributed by atoms with Crippen LogP contribution in [0.5, 0.6) is 5.75 Å². The van der Waals surface area contributed by atoms with Gasteiger partial charge in [0.15, 0.2) is 11.6 Å². The summed E-state index contributed by atoms with van der Waals surface area (Å²) in [6.07, 6.45) is -1.31. The van der Waals surface area contributed by atoms with E-state index in [-0.39, 0.29) is 6.61 Å². The average Bonchev–Trinajstić information content (AvgIpc) is 2.62. The zero-order chi connectivity index (χ0) is 20.0. The van der Waals surface area contributed by atoms with E-state index >= 15 is 0 Å². The molecule has 3 N–H and O–H groups in total. The number of phenolic OH excluding ortho intramolecular Hbond substituents is 1. The van der Waals surface area contributed by atoms with Gasteiger partial charge in [0.25, 0.3) is 0 Å². The van der Waals surface area contributed by atoms with Crippen molar-refractivity contribution in [1.29, 1.82) is 5.26 Å².